The van der Waals surface area contributed by atoms with E-state index in [1.165, 1.54) is 11.1 Å². The number of rotatable bonds is 3. The van der Waals surface area contributed by atoms with Crippen molar-refractivity contribution >= 4 is 0 Å². The molecule has 0 amide bonds. The lowest BCUT2D eigenvalue weighted by atomic mass is 9.83. The monoisotopic (exact) mass is 205 g/mol. The summed E-state index contributed by atoms with van der Waals surface area (Å²) in [5.41, 5.74) is 9.07. The summed E-state index contributed by atoms with van der Waals surface area (Å²) in [5.74, 6) is 0. The first-order chi connectivity index (χ1) is 6.93. The fourth-order valence-corrected chi connectivity index (χ4v) is 1.47. The van der Waals surface area contributed by atoms with Gasteiger partial charge in [0.2, 0.25) is 0 Å². The second-order valence-electron chi connectivity index (χ2n) is 5.35. The summed E-state index contributed by atoms with van der Waals surface area (Å²) in [6, 6.07) is 9.02. The van der Waals surface area contributed by atoms with Crippen molar-refractivity contribution < 1.29 is 0 Å². The van der Waals surface area contributed by atoms with Crippen LogP contribution >= 0.6 is 0 Å². The molecule has 0 saturated heterocycles. The maximum Gasteiger partial charge on any atom is 0.0128 e. The second kappa shape index (κ2) is 4.80. The summed E-state index contributed by atoms with van der Waals surface area (Å²) in [4.78, 5) is 0. The molecule has 0 spiro atoms. The average molecular weight is 205 g/mol. The van der Waals surface area contributed by atoms with Crippen LogP contribution in [0.4, 0.5) is 0 Å². The Hall–Kier alpha value is -0.820. The Balaban J connectivity index is 2.65. The summed E-state index contributed by atoms with van der Waals surface area (Å²) in [6.07, 6.45) is 2.07. The van der Waals surface area contributed by atoms with E-state index in [0.29, 0.717) is 0 Å². The van der Waals surface area contributed by atoms with Crippen molar-refractivity contribution in [1.29, 1.82) is 0 Å². The Labute approximate surface area is 93.7 Å². The van der Waals surface area contributed by atoms with Crippen molar-refractivity contribution in [3.05, 3.63) is 35.4 Å². The van der Waals surface area contributed by atoms with Crippen molar-refractivity contribution in [2.45, 2.75) is 46.6 Å². The minimum atomic E-state index is 0.184. The number of hydrogen-bond donors (Lipinski definition) is 1. The maximum atomic E-state index is 6.15. The largest absolute Gasteiger partial charge is 0.327 e. The van der Waals surface area contributed by atoms with Gasteiger partial charge in [0, 0.05) is 6.04 Å². The van der Waals surface area contributed by atoms with E-state index in [-0.39, 0.29) is 11.5 Å². The van der Waals surface area contributed by atoms with Gasteiger partial charge >= 0.3 is 0 Å². The zero-order chi connectivity index (χ0) is 11.5. The highest BCUT2D eigenvalue weighted by Gasteiger charge is 2.20. The molecule has 2 N–H and O–H groups in total. The SMILES string of the molecule is CCc1ccc(CC(N)C(C)(C)C)cc1. The molecule has 1 aromatic carbocycles. The topological polar surface area (TPSA) is 26.0 Å². The molecule has 1 nitrogen and oxygen atoms in total. The van der Waals surface area contributed by atoms with Gasteiger partial charge in [-0.05, 0) is 29.4 Å². The van der Waals surface area contributed by atoms with Gasteiger partial charge in [-0.2, -0.15) is 0 Å². The lowest BCUT2D eigenvalue weighted by molar-refractivity contribution is 0.318. The molecule has 0 aromatic heterocycles. The molecule has 0 radical (unpaired) electrons. The summed E-state index contributed by atoms with van der Waals surface area (Å²) in [6.45, 7) is 8.75. The van der Waals surface area contributed by atoms with E-state index in [2.05, 4.69) is 52.0 Å². The predicted octanol–water partition coefficient (Wildman–Crippen LogP) is 3.16. The van der Waals surface area contributed by atoms with E-state index < -0.39 is 0 Å². The molecule has 0 saturated carbocycles. The Kier molecular flexibility index (Phi) is 3.92. The smallest absolute Gasteiger partial charge is 0.0128 e. The number of hydrogen-bond acceptors (Lipinski definition) is 1. The first-order valence-corrected chi connectivity index (χ1v) is 5.77. The van der Waals surface area contributed by atoms with Gasteiger partial charge < -0.3 is 5.73 Å². The van der Waals surface area contributed by atoms with Gasteiger partial charge in [0.15, 0.2) is 0 Å². The van der Waals surface area contributed by atoms with Crippen molar-refractivity contribution in [2.24, 2.45) is 11.1 Å². The van der Waals surface area contributed by atoms with E-state index in [1.807, 2.05) is 0 Å². The molecule has 1 atom stereocenters. The van der Waals surface area contributed by atoms with Crippen LogP contribution in [0.3, 0.4) is 0 Å². The van der Waals surface area contributed by atoms with Crippen LogP contribution in [0, 0.1) is 5.41 Å². The first kappa shape index (κ1) is 12.3. The van der Waals surface area contributed by atoms with Crippen LogP contribution in [0.2, 0.25) is 0 Å². The van der Waals surface area contributed by atoms with Crippen LogP contribution in [0.25, 0.3) is 0 Å². The van der Waals surface area contributed by atoms with Crippen LogP contribution in [0.5, 0.6) is 0 Å². The van der Waals surface area contributed by atoms with Gasteiger partial charge in [0.1, 0.15) is 0 Å². The fraction of sp³-hybridized carbons (Fsp3) is 0.571. The fourth-order valence-electron chi connectivity index (χ4n) is 1.47. The zero-order valence-corrected chi connectivity index (χ0v) is 10.4. The molecule has 0 bridgehead atoms. The maximum absolute atomic E-state index is 6.15. The quantitative estimate of drug-likeness (QED) is 0.806. The minimum absolute atomic E-state index is 0.184. The number of benzene rings is 1. The van der Waals surface area contributed by atoms with Gasteiger partial charge in [0.05, 0.1) is 0 Å². The van der Waals surface area contributed by atoms with Gasteiger partial charge in [-0.3, -0.25) is 0 Å². The molecule has 0 aliphatic rings. The Morgan fingerprint density at radius 3 is 1.93 bits per heavy atom. The zero-order valence-electron chi connectivity index (χ0n) is 10.4. The molecule has 0 heterocycles. The highest BCUT2D eigenvalue weighted by molar-refractivity contribution is 5.23. The third-order valence-electron chi connectivity index (χ3n) is 3.00. The highest BCUT2D eigenvalue weighted by Crippen LogP contribution is 2.20. The summed E-state index contributed by atoms with van der Waals surface area (Å²) >= 11 is 0. The Bertz CT molecular complexity index is 292. The van der Waals surface area contributed by atoms with Crippen molar-refractivity contribution in [2.75, 3.05) is 0 Å². The molecule has 1 aromatic rings. The predicted molar refractivity (Wildman–Crippen MR) is 67.0 cm³/mol. The van der Waals surface area contributed by atoms with Gasteiger partial charge in [-0.15, -0.1) is 0 Å². The molecular weight excluding hydrogens is 182 g/mol. The molecule has 15 heavy (non-hydrogen) atoms. The molecule has 1 unspecified atom stereocenters. The van der Waals surface area contributed by atoms with E-state index in [4.69, 9.17) is 5.73 Å². The van der Waals surface area contributed by atoms with Crippen molar-refractivity contribution in [1.82, 2.24) is 0 Å². The van der Waals surface area contributed by atoms with Crippen LogP contribution in [-0.4, -0.2) is 6.04 Å². The summed E-state index contributed by atoms with van der Waals surface area (Å²) < 4.78 is 0. The standard InChI is InChI=1S/C14H23N/c1-5-11-6-8-12(9-7-11)10-13(15)14(2,3)4/h6-9,13H,5,10,15H2,1-4H3. The van der Waals surface area contributed by atoms with Crippen molar-refractivity contribution in [3.8, 4) is 0 Å². The molecule has 1 rings (SSSR count). The van der Waals surface area contributed by atoms with Crippen LogP contribution in [0.1, 0.15) is 38.8 Å². The van der Waals surface area contributed by atoms with Gasteiger partial charge in [-0.1, -0.05) is 52.0 Å². The highest BCUT2D eigenvalue weighted by atomic mass is 14.7. The first-order valence-electron chi connectivity index (χ1n) is 5.77. The number of aryl methyl sites for hydroxylation is 1. The Morgan fingerprint density at radius 2 is 1.53 bits per heavy atom. The molecule has 0 fully saturated rings. The lowest BCUT2D eigenvalue weighted by Gasteiger charge is -2.27. The molecule has 0 aliphatic carbocycles. The van der Waals surface area contributed by atoms with Crippen LogP contribution in [0.15, 0.2) is 24.3 Å². The normalized spacial score (nSPS) is 13.9. The summed E-state index contributed by atoms with van der Waals surface area (Å²) in [5, 5.41) is 0. The average Bonchev–Trinajstić information content (AvgIpc) is 2.17. The third-order valence-corrected chi connectivity index (χ3v) is 3.00. The van der Waals surface area contributed by atoms with Gasteiger partial charge in [0.25, 0.3) is 0 Å². The van der Waals surface area contributed by atoms with E-state index in [0.717, 1.165) is 12.8 Å². The van der Waals surface area contributed by atoms with Gasteiger partial charge in [-0.25, -0.2) is 0 Å². The van der Waals surface area contributed by atoms with E-state index in [9.17, 15) is 0 Å². The van der Waals surface area contributed by atoms with E-state index in [1.54, 1.807) is 0 Å². The second-order valence-corrected chi connectivity index (χ2v) is 5.35. The summed E-state index contributed by atoms with van der Waals surface area (Å²) in [7, 11) is 0. The lowest BCUT2D eigenvalue weighted by Crippen LogP contribution is -2.36. The van der Waals surface area contributed by atoms with Crippen LogP contribution in [-0.2, 0) is 12.8 Å². The molecular formula is C14H23N. The van der Waals surface area contributed by atoms with Crippen LogP contribution < -0.4 is 5.73 Å². The molecule has 84 valence electrons. The van der Waals surface area contributed by atoms with Crippen molar-refractivity contribution in [3.63, 3.8) is 0 Å². The molecule has 0 aliphatic heterocycles. The number of nitrogens with two attached hydrogens (primary N) is 1. The minimum Gasteiger partial charge on any atom is -0.327 e. The Morgan fingerprint density at radius 1 is 1.07 bits per heavy atom. The van der Waals surface area contributed by atoms with E-state index >= 15 is 0 Å². The molecule has 1 heteroatoms. The third kappa shape index (κ3) is 3.67.